The minimum absolute atomic E-state index is 0.100. The summed E-state index contributed by atoms with van der Waals surface area (Å²) in [5.41, 5.74) is 2.43. The normalized spacial score (nSPS) is 30.0. The molecule has 2 aromatic rings. The van der Waals surface area contributed by atoms with Crippen LogP contribution in [0.1, 0.15) is 30.9 Å². The van der Waals surface area contributed by atoms with E-state index in [4.69, 9.17) is 0 Å². The van der Waals surface area contributed by atoms with Gasteiger partial charge in [0.25, 0.3) is 0 Å². The lowest BCUT2D eigenvalue weighted by Crippen LogP contribution is -2.41. The number of benzene rings is 1. The van der Waals surface area contributed by atoms with E-state index >= 15 is 0 Å². The SMILES string of the molecule is OC1(O)CCN2C(c3ccc4cc[nH]c4c3)CCC21. The summed E-state index contributed by atoms with van der Waals surface area (Å²) in [6.07, 6.45) is 4.27. The van der Waals surface area contributed by atoms with Gasteiger partial charge in [0, 0.05) is 30.7 Å². The second-order valence-corrected chi connectivity index (χ2v) is 5.80. The molecule has 100 valence electrons. The molecule has 2 unspecified atom stereocenters. The second kappa shape index (κ2) is 3.82. The highest BCUT2D eigenvalue weighted by Gasteiger charge is 2.50. The van der Waals surface area contributed by atoms with Crippen LogP contribution in [0.25, 0.3) is 10.9 Å². The molecule has 0 aliphatic carbocycles. The average Bonchev–Trinajstić information content (AvgIpc) is 3.06. The predicted molar refractivity (Wildman–Crippen MR) is 72.6 cm³/mol. The van der Waals surface area contributed by atoms with Crippen LogP contribution in [0.3, 0.4) is 0 Å². The summed E-state index contributed by atoms with van der Waals surface area (Å²) < 4.78 is 0. The number of aromatic amines is 1. The van der Waals surface area contributed by atoms with Gasteiger partial charge in [-0.15, -0.1) is 0 Å². The number of hydrogen-bond donors (Lipinski definition) is 3. The number of fused-ring (bicyclic) bond motifs is 2. The quantitative estimate of drug-likeness (QED) is 0.683. The zero-order valence-electron chi connectivity index (χ0n) is 10.7. The third-order valence-corrected chi connectivity index (χ3v) is 4.75. The summed E-state index contributed by atoms with van der Waals surface area (Å²) in [7, 11) is 0. The van der Waals surface area contributed by atoms with Gasteiger partial charge in [0.1, 0.15) is 0 Å². The van der Waals surface area contributed by atoms with Crippen molar-refractivity contribution in [1.82, 2.24) is 9.88 Å². The Balaban J connectivity index is 1.69. The minimum atomic E-state index is -1.49. The number of H-pyrrole nitrogens is 1. The molecule has 2 aliphatic heterocycles. The molecule has 1 aromatic heterocycles. The molecular formula is C15H18N2O2. The van der Waals surface area contributed by atoms with Gasteiger partial charge in [-0.05, 0) is 35.9 Å². The first-order valence-electron chi connectivity index (χ1n) is 6.93. The molecule has 2 aliphatic rings. The smallest absolute Gasteiger partial charge is 0.179 e. The summed E-state index contributed by atoms with van der Waals surface area (Å²) in [6.45, 7) is 0.769. The minimum Gasteiger partial charge on any atom is -0.364 e. The highest BCUT2D eigenvalue weighted by Crippen LogP contribution is 2.44. The zero-order valence-corrected chi connectivity index (χ0v) is 10.7. The first kappa shape index (κ1) is 11.5. The number of aliphatic hydroxyl groups is 2. The van der Waals surface area contributed by atoms with Gasteiger partial charge in [0.2, 0.25) is 0 Å². The standard InChI is InChI=1S/C15H18N2O2/c18-15(19)6-8-17-13(3-4-14(15)17)11-2-1-10-5-7-16-12(10)9-11/h1-2,5,7,9,13-14,16,18-19H,3-4,6,8H2. The maximum atomic E-state index is 9.98. The summed E-state index contributed by atoms with van der Waals surface area (Å²) in [5, 5.41) is 21.2. The predicted octanol–water partition coefficient (Wildman–Crippen LogP) is 1.76. The molecule has 2 fully saturated rings. The Morgan fingerprint density at radius 3 is 3.00 bits per heavy atom. The number of aromatic nitrogens is 1. The third kappa shape index (κ3) is 1.64. The number of rotatable bonds is 1. The van der Waals surface area contributed by atoms with E-state index in [9.17, 15) is 10.2 Å². The average molecular weight is 258 g/mol. The third-order valence-electron chi connectivity index (χ3n) is 4.75. The van der Waals surface area contributed by atoms with Gasteiger partial charge in [-0.2, -0.15) is 0 Å². The highest BCUT2D eigenvalue weighted by molar-refractivity contribution is 5.80. The van der Waals surface area contributed by atoms with Crippen molar-refractivity contribution in [3.8, 4) is 0 Å². The van der Waals surface area contributed by atoms with Gasteiger partial charge in [0.15, 0.2) is 5.79 Å². The topological polar surface area (TPSA) is 59.5 Å². The second-order valence-electron chi connectivity index (χ2n) is 5.80. The molecule has 1 aromatic carbocycles. The van der Waals surface area contributed by atoms with E-state index in [0.717, 1.165) is 24.9 Å². The van der Waals surface area contributed by atoms with Crippen molar-refractivity contribution in [1.29, 1.82) is 0 Å². The van der Waals surface area contributed by atoms with Gasteiger partial charge in [0.05, 0.1) is 6.04 Å². The van der Waals surface area contributed by atoms with E-state index in [1.54, 1.807) is 0 Å². The molecule has 4 nitrogen and oxygen atoms in total. The molecule has 0 bridgehead atoms. The van der Waals surface area contributed by atoms with E-state index in [1.807, 2.05) is 6.20 Å². The van der Waals surface area contributed by atoms with Crippen LogP contribution in [0.4, 0.5) is 0 Å². The number of nitrogens with zero attached hydrogens (tertiary/aromatic N) is 1. The Bertz CT molecular complexity index is 619. The Labute approximate surface area is 111 Å². The van der Waals surface area contributed by atoms with E-state index in [-0.39, 0.29) is 6.04 Å². The molecule has 4 heteroatoms. The van der Waals surface area contributed by atoms with Crippen LogP contribution >= 0.6 is 0 Å². The molecule has 3 heterocycles. The first-order chi connectivity index (χ1) is 9.15. The lowest BCUT2D eigenvalue weighted by Gasteiger charge is -2.27. The van der Waals surface area contributed by atoms with Crippen molar-refractivity contribution >= 4 is 10.9 Å². The fourth-order valence-electron chi connectivity index (χ4n) is 3.76. The van der Waals surface area contributed by atoms with E-state index in [0.29, 0.717) is 12.5 Å². The molecular weight excluding hydrogens is 240 g/mol. The van der Waals surface area contributed by atoms with Crippen LogP contribution in [0.15, 0.2) is 30.5 Å². The van der Waals surface area contributed by atoms with E-state index in [1.165, 1.54) is 10.9 Å². The first-order valence-corrected chi connectivity index (χ1v) is 6.93. The Hall–Kier alpha value is -1.36. The van der Waals surface area contributed by atoms with Gasteiger partial charge < -0.3 is 15.2 Å². The van der Waals surface area contributed by atoms with Crippen molar-refractivity contribution in [2.24, 2.45) is 0 Å². The van der Waals surface area contributed by atoms with Crippen LogP contribution in [-0.4, -0.2) is 38.5 Å². The van der Waals surface area contributed by atoms with Gasteiger partial charge >= 0.3 is 0 Å². The molecule has 19 heavy (non-hydrogen) atoms. The summed E-state index contributed by atoms with van der Waals surface area (Å²) in [5.74, 6) is -1.49. The van der Waals surface area contributed by atoms with Crippen molar-refractivity contribution in [2.75, 3.05) is 6.54 Å². The van der Waals surface area contributed by atoms with Crippen LogP contribution in [0, 0.1) is 0 Å². The fraction of sp³-hybridized carbons (Fsp3) is 0.467. The molecule has 3 N–H and O–H groups in total. The monoisotopic (exact) mass is 258 g/mol. The zero-order chi connectivity index (χ0) is 13.0. The molecule has 2 saturated heterocycles. The van der Waals surface area contributed by atoms with Crippen LogP contribution in [-0.2, 0) is 0 Å². The van der Waals surface area contributed by atoms with Gasteiger partial charge in [-0.1, -0.05) is 12.1 Å². The van der Waals surface area contributed by atoms with E-state index < -0.39 is 5.79 Å². The lowest BCUT2D eigenvalue weighted by atomic mass is 10.0. The van der Waals surface area contributed by atoms with Crippen molar-refractivity contribution in [2.45, 2.75) is 37.1 Å². The van der Waals surface area contributed by atoms with Crippen molar-refractivity contribution in [3.05, 3.63) is 36.0 Å². The Morgan fingerprint density at radius 1 is 1.21 bits per heavy atom. The van der Waals surface area contributed by atoms with Crippen LogP contribution in [0.2, 0.25) is 0 Å². The van der Waals surface area contributed by atoms with Crippen LogP contribution < -0.4 is 0 Å². The molecule has 4 rings (SSSR count). The molecule has 0 spiro atoms. The maximum Gasteiger partial charge on any atom is 0.179 e. The van der Waals surface area contributed by atoms with Crippen molar-refractivity contribution < 1.29 is 10.2 Å². The number of hydrogen-bond acceptors (Lipinski definition) is 3. The molecule has 2 atom stereocenters. The Kier molecular flexibility index (Phi) is 2.31. The Morgan fingerprint density at radius 2 is 2.11 bits per heavy atom. The van der Waals surface area contributed by atoms with Crippen molar-refractivity contribution in [3.63, 3.8) is 0 Å². The molecule has 0 radical (unpaired) electrons. The molecule has 0 saturated carbocycles. The summed E-state index contributed by atoms with van der Waals surface area (Å²) >= 11 is 0. The highest BCUT2D eigenvalue weighted by atomic mass is 16.5. The number of nitrogens with one attached hydrogen (secondary N) is 1. The lowest BCUT2D eigenvalue weighted by molar-refractivity contribution is -0.173. The molecule has 0 amide bonds. The maximum absolute atomic E-state index is 9.98. The van der Waals surface area contributed by atoms with Crippen LogP contribution in [0.5, 0.6) is 0 Å². The van der Waals surface area contributed by atoms with Gasteiger partial charge in [-0.3, -0.25) is 4.90 Å². The van der Waals surface area contributed by atoms with E-state index in [2.05, 4.69) is 34.1 Å². The van der Waals surface area contributed by atoms with Gasteiger partial charge in [-0.25, -0.2) is 0 Å². The summed E-state index contributed by atoms with van der Waals surface area (Å²) in [4.78, 5) is 5.50. The largest absolute Gasteiger partial charge is 0.364 e. The fourth-order valence-corrected chi connectivity index (χ4v) is 3.76. The summed E-state index contributed by atoms with van der Waals surface area (Å²) in [6, 6.07) is 8.78.